The van der Waals surface area contributed by atoms with E-state index < -0.39 is 6.10 Å². The molecule has 1 aliphatic heterocycles. The number of rotatable bonds is 3. The third kappa shape index (κ3) is 2.08. The average molecular weight is 248 g/mol. The lowest BCUT2D eigenvalue weighted by molar-refractivity contribution is -0.126. The van der Waals surface area contributed by atoms with Crippen LogP contribution in [0.3, 0.4) is 0 Å². The largest absolute Gasteiger partial charge is 0.479 e. The zero-order valence-corrected chi connectivity index (χ0v) is 11.1. The van der Waals surface area contributed by atoms with Gasteiger partial charge < -0.3 is 15.4 Å². The van der Waals surface area contributed by atoms with E-state index in [1.807, 2.05) is 25.1 Å². The van der Waals surface area contributed by atoms with Gasteiger partial charge in [0.05, 0.1) is 5.69 Å². The standard InChI is InChI=1S/C14H20N2O2/c1-4-11-5-6-13-12(7-11)16(9(2)8-15)14(17)10(3)18-13/h5-7,9-10H,4,8,15H2,1-3H3. The minimum Gasteiger partial charge on any atom is -0.479 e. The van der Waals surface area contributed by atoms with Crippen LogP contribution in [-0.2, 0) is 11.2 Å². The predicted molar refractivity (Wildman–Crippen MR) is 71.9 cm³/mol. The number of nitrogens with zero attached hydrogens (tertiary/aromatic N) is 1. The van der Waals surface area contributed by atoms with E-state index in [0.29, 0.717) is 6.54 Å². The number of hydrogen-bond donors (Lipinski definition) is 1. The molecule has 2 rings (SSSR count). The molecule has 4 nitrogen and oxygen atoms in total. The van der Waals surface area contributed by atoms with Gasteiger partial charge in [0.2, 0.25) is 0 Å². The number of hydrogen-bond acceptors (Lipinski definition) is 3. The Labute approximate surface area is 108 Å². The average Bonchev–Trinajstić information content (AvgIpc) is 2.39. The third-order valence-corrected chi connectivity index (χ3v) is 3.36. The number of nitrogens with two attached hydrogens (primary N) is 1. The molecule has 0 aliphatic carbocycles. The molecule has 0 fully saturated rings. The summed E-state index contributed by atoms with van der Waals surface area (Å²) in [5.74, 6) is 0.744. The zero-order chi connectivity index (χ0) is 13.3. The zero-order valence-electron chi connectivity index (χ0n) is 11.1. The van der Waals surface area contributed by atoms with Crippen molar-refractivity contribution in [3.05, 3.63) is 23.8 Å². The van der Waals surface area contributed by atoms with Crippen LogP contribution in [0.25, 0.3) is 0 Å². The number of fused-ring (bicyclic) bond motifs is 1. The molecular formula is C14H20N2O2. The van der Waals surface area contributed by atoms with Crippen LogP contribution in [0, 0.1) is 0 Å². The maximum absolute atomic E-state index is 12.2. The molecule has 2 unspecified atom stereocenters. The number of benzene rings is 1. The second kappa shape index (κ2) is 4.98. The summed E-state index contributed by atoms with van der Waals surface area (Å²) in [6.07, 6.45) is 0.487. The maximum Gasteiger partial charge on any atom is 0.268 e. The van der Waals surface area contributed by atoms with Crippen molar-refractivity contribution in [2.24, 2.45) is 5.73 Å². The van der Waals surface area contributed by atoms with E-state index in [-0.39, 0.29) is 11.9 Å². The summed E-state index contributed by atoms with van der Waals surface area (Å²) >= 11 is 0. The summed E-state index contributed by atoms with van der Waals surface area (Å²) in [5.41, 5.74) is 7.74. The van der Waals surface area contributed by atoms with Gasteiger partial charge in [-0.3, -0.25) is 4.79 Å². The van der Waals surface area contributed by atoms with Gasteiger partial charge >= 0.3 is 0 Å². The van der Waals surface area contributed by atoms with Gasteiger partial charge in [0, 0.05) is 12.6 Å². The first-order chi connectivity index (χ1) is 8.58. The van der Waals surface area contributed by atoms with Crippen molar-refractivity contribution in [2.45, 2.75) is 39.3 Å². The van der Waals surface area contributed by atoms with E-state index in [9.17, 15) is 4.79 Å². The fourth-order valence-corrected chi connectivity index (χ4v) is 2.19. The Bertz CT molecular complexity index is 459. The van der Waals surface area contributed by atoms with Crippen molar-refractivity contribution < 1.29 is 9.53 Å². The lowest BCUT2D eigenvalue weighted by atomic mass is 10.1. The van der Waals surface area contributed by atoms with Gasteiger partial charge in [-0.1, -0.05) is 13.0 Å². The fraction of sp³-hybridized carbons (Fsp3) is 0.500. The Morgan fingerprint density at radius 3 is 2.83 bits per heavy atom. The van der Waals surface area contributed by atoms with Gasteiger partial charge in [0.1, 0.15) is 5.75 Å². The molecule has 1 aromatic rings. The summed E-state index contributed by atoms with van der Waals surface area (Å²) in [7, 11) is 0. The van der Waals surface area contributed by atoms with Crippen LogP contribution >= 0.6 is 0 Å². The topological polar surface area (TPSA) is 55.6 Å². The fourth-order valence-electron chi connectivity index (χ4n) is 2.19. The molecule has 18 heavy (non-hydrogen) atoms. The van der Waals surface area contributed by atoms with Crippen molar-refractivity contribution in [2.75, 3.05) is 11.4 Å². The minimum atomic E-state index is -0.445. The first kappa shape index (κ1) is 12.9. The van der Waals surface area contributed by atoms with Crippen LogP contribution < -0.4 is 15.4 Å². The van der Waals surface area contributed by atoms with Gasteiger partial charge in [0.15, 0.2) is 6.10 Å². The van der Waals surface area contributed by atoms with Crippen molar-refractivity contribution in [1.82, 2.24) is 0 Å². The first-order valence-corrected chi connectivity index (χ1v) is 6.41. The molecular weight excluding hydrogens is 228 g/mol. The Hall–Kier alpha value is -1.55. The quantitative estimate of drug-likeness (QED) is 0.886. The highest BCUT2D eigenvalue weighted by atomic mass is 16.5. The molecule has 1 amide bonds. The minimum absolute atomic E-state index is 0.0188. The van der Waals surface area contributed by atoms with E-state index in [0.717, 1.165) is 17.9 Å². The maximum atomic E-state index is 12.2. The molecule has 0 bridgehead atoms. The SMILES string of the molecule is CCc1ccc2c(c1)N(C(C)CN)C(=O)C(C)O2. The van der Waals surface area contributed by atoms with E-state index in [4.69, 9.17) is 10.5 Å². The summed E-state index contributed by atoms with van der Waals surface area (Å²) in [4.78, 5) is 14.0. The second-order valence-electron chi connectivity index (χ2n) is 4.71. The van der Waals surface area contributed by atoms with Gasteiger partial charge in [-0.15, -0.1) is 0 Å². The summed E-state index contributed by atoms with van der Waals surface area (Å²) in [6, 6.07) is 5.97. The van der Waals surface area contributed by atoms with Crippen LogP contribution in [-0.4, -0.2) is 24.6 Å². The first-order valence-electron chi connectivity index (χ1n) is 6.41. The molecule has 0 radical (unpaired) electrons. The van der Waals surface area contributed by atoms with Gasteiger partial charge in [-0.05, 0) is 38.0 Å². The monoisotopic (exact) mass is 248 g/mol. The molecule has 2 atom stereocenters. The lowest BCUT2D eigenvalue weighted by Crippen LogP contribution is -2.51. The van der Waals surface area contributed by atoms with Gasteiger partial charge in [-0.25, -0.2) is 0 Å². The molecule has 0 saturated heterocycles. The van der Waals surface area contributed by atoms with Crippen molar-refractivity contribution in [3.63, 3.8) is 0 Å². The molecule has 4 heteroatoms. The number of carbonyl (C=O) groups is 1. The molecule has 1 aliphatic rings. The molecule has 1 heterocycles. The molecule has 0 aromatic heterocycles. The Morgan fingerprint density at radius 2 is 2.22 bits per heavy atom. The van der Waals surface area contributed by atoms with Crippen molar-refractivity contribution in [1.29, 1.82) is 0 Å². The number of ether oxygens (including phenoxy) is 1. The van der Waals surface area contributed by atoms with Crippen LogP contribution in [0.2, 0.25) is 0 Å². The van der Waals surface area contributed by atoms with Gasteiger partial charge in [-0.2, -0.15) is 0 Å². The van der Waals surface area contributed by atoms with Crippen LogP contribution in [0.4, 0.5) is 5.69 Å². The molecule has 98 valence electrons. The van der Waals surface area contributed by atoms with Crippen LogP contribution in [0.15, 0.2) is 18.2 Å². The highest BCUT2D eigenvalue weighted by molar-refractivity contribution is 6.00. The number of carbonyl (C=O) groups excluding carboxylic acids is 1. The molecule has 0 spiro atoms. The molecule has 2 N–H and O–H groups in total. The highest BCUT2D eigenvalue weighted by Gasteiger charge is 2.34. The predicted octanol–water partition coefficient (Wildman–Crippen LogP) is 1.71. The number of anilines is 1. The molecule has 1 aromatic carbocycles. The van der Waals surface area contributed by atoms with Gasteiger partial charge in [0.25, 0.3) is 5.91 Å². The summed E-state index contributed by atoms with van der Waals surface area (Å²) in [5, 5.41) is 0. The van der Waals surface area contributed by atoms with Crippen molar-refractivity contribution >= 4 is 11.6 Å². The Balaban J connectivity index is 2.49. The van der Waals surface area contributed by atoms with Crippen LogP contribution in [0.1, 0.15) is 26.3 Å². The Morgan fingerprint density at radius 1 is 1.50 bits per heavy atom. The number of amides is 1. The Kier molecular flexibility index (Phi) is 3.57. The van der Waals surface area contributed by atoms with Crippen molar-refractivity contribution in [3.8, 4) is 5.75 Å². The van der Waals surface area contributed by atoms with E-state index in [1.54, 1.807) is 11.8 Å². The summed E-state index contributed by atoms with van der Waals surface area (Å²) < 4.78 is 5.64. The second-order valence-corrected chi connectivity index (χ2v) is 4.71. The van der Waals surface area contributed by atoms with E-state index in [1.165, 1.54) is 5.56 Å². The highest BCUT2D eigenvalue weighted by Crippen LogP contribution is 2.36. The van der Waals surface area contributed by atoms with E-state index >= 15 is 0 Å². The van der Waals surface area contributed by atoms with Crippen LogP contribution in [0.5, 0.6) is 5.75 Å². The lowest BCUT2D eigenvalue weighted by Gasteiger charge is -2.36. The summed E-state index contributed by atoms with van der Waals surface area (Å²) in [6.45, 7) is 6.26. The third-order valence-electron chi connectivity index (χ3n) is 3.36. The molecule has 0 saturated carbocycles. The number of aryl methyl sites for hydroxylation is 1. The smallest absolute Gasteiger partial charge is 0.268 e. The normalized spacial score (nSPS) is 20.3. The van der Waals surface area contributed by atoms with E-state index in [2.05, 4.69) is 6.92 Å².